The Balaban J connectivity index is 1.79. The van der Waals surface area contributed by atoms with Crippen molar-refractivity contribution in [2.45, 2.75) is 34.1 Å². The van der Waals surface area contributed by atoms with Gasteiger partial charge in [0.05, 0.1) is 27.3 Å². The summed E-state index contributed by atoms with van der Waals surface area (Å²) in [5, 5.41) is 6.70. The van der Waals surface area contributed by atoms with Gasteiger partial charge in [-0.05, 0) is 83.7 Å². The Morgan fingerprint density at radius 3 is 2.36 bits per heavy atom. The van der Waals surface area contributed by atoms with E-state index < -0.39 is 0 Å². The van der Waals surface area contributed by atoms with Crippen molar-refractivity contribution >= 4 is 49.0 Å². The molecule has 4 aromatic carbocycles. The molecule has 7 rings (SSSR count). The van der Waals surface area contributed by atoms with E-state index in [-0.39, 0.29) is 0 Å². The summed E-state index contributed by atoms with van der Waals surface area (Å²) in [5.74, 6) is 0.626. The predicted octanol–water partition coefficient (Wildman–Crippen LogP) is 8.30. The second-order valence-corrected chi connectivity index (χ2v) is 11.0. The molecule has 0 unspecified atom stereocenters. The molecule has 36 heavy (non-hydrogen) atoms. The van der Waals surface area contributed by atoms with Crippen molar-refractivity contribution in [2.24, 2.45) is 13.0 Å². The molecule has 0 aliphatic heterocycles. The fourth-order valence-electron chi connectivity index (χ4n) is 6.35. The monoisotopic (exact) mass is 467 g/mol. The molecule has 2 nitrogen and oxygen atoms in total. The quantitative estimate of drug-likeness (QED) is 0.140. The zero-order valence-electron chi connectivity index (χ0n) is 21.7. The van der Waals surface area contributed by atoms with Gasteiger partial charge < -0.3 is 4.40 Å². The lowest BCUT2D eigenvalue weighted by atomic mass is 9.94. The highest BCUT2D eigenvalue weighted by atomic mass is 15.0. The van der Waals surface area contributed by atoms with Crippen LogP contribution >= 0.6 is 0 Å². The van der Waals surface area contributed by atoms with Crippen LogP contribution in [0, 0.1) is 19.8 Å². The van der Waals surface area contributed by atoms with Gasteiger partial charge in [-0.1, -0.05) is 56.3 Å². The molecule has 3 aromatic heterocycles. The summed E-state index contributed by atoms with van der Waals surface area (Å²) < 4.78 is 4.89. The van der Waals surface area contributed by atoms with E-state index in [1.807, 2.05) is 0 Å². The van der Waals surface area contributed by atoms with Crippen molar-refractivity contribution in [1.82, 2.24) is 4.40 Å². The number of rotatable bonds is 3. The molecule has 176 valence electrons. The zero-order valence-corrected chi connectivity index (χ0v) is 21.7. The van der Waals surface area contributed by atoms with Crippen molar-refractivity contribution in [3.05, 3.63) is 95.7 Å². The molecule has 0 bridgehead atoms. The summed E-state index contributed by atoms with van der Waals surface area (Å²) in [6.45, 7) is 9.15. The summed E-state index contributed by atoms with van der Waals surface area (Å²) in [6.07, 6.45) is 3.32. The molecule has 0 atom stereocenters. The summed E-state index contributed by atoms with van der Waals surface area (Å²) in [6, 6.07) is 27.4. The Labute approximate surface area is 211 Å². The maximum Gasteiger partial charge on any atom is 0.224 e. The molecular formula is C34H31N2+. The van der Waals surface area contributed by atoms with Crippen LogP contribution in [-0.4, -0.2) is 4.40 Å². The van der Waals surface area contributed by atoms with Crippen LogP contribution in [0.2, 0.25) is 0 Å². The molecule has 0 aliphatic carbocycles. The number of benzene rings is 4. The Kier molecular flexibility index (Phi) is 4.48. The van der Waals surface area contributed by atoms with Crippen LogP contribution in [0.4, 0.5) is 0 Å². The third-order valence-electron chi connectivity index (χ3n) is 8.08. The largest absolute Gasteiger partial charge is 0.307 e. The second kappa shape index (κ2) is 7.54. The SMILES string of the molecule is Cc1cc2c3ccc(CC(C)C)cc3n3c4cc(-c5ccccc5)cc5cc[n+](C)c(c(c1C)c23)c54. The topological polar surface area (TPSA) is 8.29 Å². The van der Waals surface area contributed by atoms with E-state index >= 15 is 0 Å². The molecule has 0 saturated carbocycles. The normalized spacial score (nSPS) is 12.4. The van der Waals surface area contributed by atoms with Crippen molar-refractivity contribution in [1.29, 1.82) is 0 Å². The van der Waals surface area contributed by atoms with Gasteiger partial charge in [0, 0.05) is 16.8 Å². The van der Waals surface area contributed by atoms with Crippen LogP contribution in [-0.2, 0) is 13.5 Å². The van der Waals surface area contributed by atoms with E-state index in [0.29, 0.717) is 5.92 Å². The fraction of sp³-hybridized carbons (Fsp3) is 0.206. The van der Waals surface area contributed by atoms with Gasteiger partial charge in [0.25, 0.3) is 0 Å². The van der Waals surface area contributed by atoms with Gasteiger partial charge >= 0.3 is 0 Å². The van der Waals surface area contributed by atoms with E-state index in [0.717, 1.165) is 6.42 Å². The molecule has 0 radical (unpaired) electrons. The average Bonchev–Trinajstić information content (AvgIpc) is 3.18. The number of pyridine rings is 2. The lowest BCUT2D eigenvalue weighted by molar-refractivity contribution is -0.643. The molecular weight excluding hydrogens is 436 g/mol. The Morgan fingerprint density at radius 2 is 1.58 bits per heavy atom. The van der Waals surface area contributed by atoms with Gasteiger partial charge in [-0.2, -0.15) is 0 Å². The molecule has 0 fully saturated rings. The Bertz CT molecular complexity index is 1960. The number of aryl methyl sites for hydroxylation is 3. The number of nitrogens with zero attached hydrogens (tertiary/aromatic N) is 2. The first-order chi connectivity index (χ1) is 17.4. The van der Waals surface area contributed by atoms with Crippen molar-refractivity contribution < 1.29 is 4.57 Å². The highest BCUT2D eigenvalue weighted by molar-refractivity contribution is 6.26. The lowest BCUT2D eigenvalue weighted by Gasteiger charge is -2.15. The maximum absolute atomic E-state index is 2.57. The van der Waals surface area contributed by atoms with Crippen LogP contribution in [0.15, 0.2) is 79.0 Å². The molecule has 0 amide bonds. The zero-order chi connectivity index (χ0) is 24.7. The first-order valence-electron chi connectivity index (χ1n) is 13.0. The fourth-order valence-corrected chi connectivity index (χ4v) is 6.35. The first-order valence-corrected chi connectivity index (χ1v) is 13.0. The first kappa shape index (κ1) is 21.4. The van der Waals surface area contributed by atoms with Gasteiger partial charge in [-0.25, -0.2) is 4.57 Å². The van der Waals surface area contributed by atoms with Crippen LogP contribution in [0.3, 0.4) is 0 Å². The molecule has 0 N–H and O–H groups in total. The maximum atomic E-state index is 2.57. The van der Waals surface area contributed by atoms with E-state index in [1.165, 1.54) is 76.8 Å². The summed E-state index contributed by atoms with van der Waals surface area (Å²) >= 11 is 0. The van der Waals surface area contributed by atoms with Crippen molar-refractivity contribution in [2.75, 3.05) is 0 Å². The second-order valence-electron chi connectivity index (χ2n) is 11.0. The molecule has 0 saturated heterocycles. The smallest absolute Gasteiger partial charge is 0.224 e. The average molecular weight is 468 g/mol. The third-order valence-corrected chi connectivity index (χ3v) is 8.08. The number of fused-ring (bicyclic) bond motifs is 5. The molecule has 0 aliphatic rings. The Hall–Kier alpha value is -3.91. The van der Waals surface area contributed by atoms with Gasteiger partial charge in [0.1, 0.15) is 7.05 Å². The van der Waals surface area contributed by atoms with Gasteiger partial charge in [0.15, 0.2) is 6.20 Å². The van der Waals surface area contributed by atoms with E-state index in [2.05, 4.69) is 123 Å². The van der Waals surface area contributed by atoms with Crippen molar-refractivity contribution in [3.8, 4) is 11.1 Å². The van der Waals surface area contributed by atoms with Gasteiger partial charge in [-0.3, -0.25) is 0 Å². The van der Waals surface area contributed by atoms with Crippen LogP contribution in [0.5, 0.6) is 0 Å². The Morgan fingerprint density at radius 1 is 0.778 bits per heavy atom. The molecule has 7 aromatic rings. The van der Waals surface area contributed by atoms with Gasteiger partial charge in [0.2, 0.25) is 5.52 Å². The predicted molar refractivity (Wildman–Crippen MR) is 153 cm³/mol. The van der Waals surface area contributed by atoms with Crippen LogP contribution in [0.1, 0.15) is 30.5 Å². The summed E-state index contributed by atoms with van der Waals surface area (Å²) in [4.78, 5) is 0. The highest BCUT2D eigenvalue weighted by Gasteiger charge is 2.25. The van der Waals surface area contributed by atoms with Crippen molar-refractivity contribution in [3.63, 3.8) is 0 Å². The van der Waals surface area contributed by atoms with E-state index in [9.17, 15) is 0 Å². The molecule has 2 heteroatoms. The summed E-state index contributed by atoms with van der Waals surface area (Å²) in [5.41, 5.74) is 11.9. The number of hydrogen-bond donors (Lipinski definition) is 0. The minimum atomic E-state index is 0.626. The summed E-state index contributed by atoms with van der Waals surface area (Å²) in [7, 11) is 2.19. The standard InChI is InChI=1S/C34H31N2/c1-20(2)15-23-11-12-27-28-16-21(3)22(4)31-33(28)36(29(27)17-23)30-19-26(24-9-7-6-8-10-24)18-25-13-14-35(5)34(31)32(25)30/h6-14,16-20H,15H2,1-5H3/q+1. The minimum absolute atomic E-state index is 0.626. The van der Waals surface area contributed by atoms with Crippen LogP contribution in [0.25, 0.3) is 60.1 Å². The number of hydrogen-bond acceptors (Lipinski definition) is 0. The number of aromatic nitrogens is 2. The van der Waals surface area contributed by atoms with Crippen LogP contribution < -0.4 is 4.57 Å². The van der Waals surface area contributed by atoms with Gasteiger partial charge in [-0.15, -0.1) is 0 Å². The molecule has 0 spiro atoms. The van der Waals surface area contributed by atoms with E-state index in [4.69, 9.17) is 0 Å². The van der Waals surface area contributed by atoms with E-state index in [1.54, 1.807) is 0 Å². The lowest BCUT2D eigenvalue weighted by Crippen LogP contribution is -2.29. The third kappa shape index (κ3) is 2.88. The molecule has 3 heterocycles. The highest BCUT2D eigenvalue weighted by Crippen LogP contribution is 2.43. The minimum Gasteiger partial charge on any atom is -0.307 e.